The van der Waals surface area contributed by atoms with Gasteiger partial charge < -0.3 is 4.90 Å². The Kier molecular flexibility index (Phi) is 3.28. The van der Waals surface area contributed by atoms with Gasteiger partial charge in [-0.15, -0.1) is 0 Å². The number of anilines is 1. The highest BCUT2D eigenvalue weighted by molar-refractivity contribution is 6.06. The predicted molar refractivity (Wildman–Crippen MR) is 96.4 cm³/mol. The Hall–Kier alpha value is -2.78. The first-order valence-electron chi connectivity index (χ1n) is 8.77. The van der Waals surface area contributed by atoms with Crippen molar-refractivity contribution in [2.75, 3.05) is 31.1 Å². The van der Waals surface area contributed by atoms with Gasteiger partial charge in [-0.25, -0.2) is 9.97 Å². The van der Waals surface area contributed by atoms with Crippen LogP contribution in [-0.4, -0.2) is 52.1 Å². The highest BCUT2D eigenvalue weighted by Gasteiger charge is 2.32. The lowest BCUT2D eigenvalue weighted by Crippen LogP contribution is -2.50. The van der Waals surface area contributed by atoms with Crippen LogP contribution in [0.15, 0.2) is 30.6 Å². The third-order valence-electron chi connectivity index (χ3n) is 5.40. The van der Waals surface area contributed by atoms with Gasteiger partial charge in [0.25, 0.3) is 0 Å². The van der Waals surface area contributed by atoms with Crippen molar-refractivity contribution in [1.82, 2.24) is 19.9 Å². The van der Waals surface area contributed by atoms with Crippen LogP contribution in [-0.2, 0) is 0 Å². The molecule has 124 valence electrons. The van der Waals surface area contributed by atoms with Gasteiger partial charge in [0.1, 0.15) is 11.0 Å². The summed E-state index contributed by atoms with van der Waals surface area (Å²) >= 11 is 0. The standard InChI is InChI=1S/C19H18N6/c20-11-13-3-4-16-15(10-13)17-18(22-6-5-21-17)19(23-16)25-9-8-24-7-1-2-14(24)12-25/h3-6,10,14H,1-2,7-9,12H2. The van der Waals surface area contributed by atoms with Crippen LogP contribution in [0.1, 0.15) is 18.4 Å². The maximum absolute atomic E-state index is 9.20. The van der Waals surface area contributed by atoms with E-state index in [9.17, 15) is 5.26 Å². The number of rotatable bonds is 1. The Balaban J connectivity index is 1.68. The lowest BCUT2D eigenvalue weighted by Gasteiger charge is -2.38. The van der Waals surface area contributed by atoms with E-state index in [1.54, 1.807) is 12.4 Å². The topological polar surface area (TPSA) is 68.9 Å². The monoisotopic (exact) mass is 330 g/mol. The first kappa shape index (κ1) is 14.6. The number of piperazine rings is 1. The molecule has 6 heteroatoms. The molecule has 2 aliphatic rings. The highest BCUT2D eigenvalue weighted by Crippen LogP contribution is 2.31. The summed E-state index contributed by atoms with van der Waals surface area (Å²) in [4.78, 5) is 19.0. The van der Waals surface area contributed by atoms with E-state index in [-0.39, 0.29) is 0 Å². The second-order valence-electron chi connectivity index (χ2n) is 6.81. The van der Waals surface area contributed by atoms with Crippen molar-refractivity contribution in [1.29, 1.82) is 5.26 Å². The summed E-state index contributed by atoms with van der Waals surface area (Å²) in [6, 6.07) is 8.41. The summed E-state index contributed by atoms with van der Waals surface area (Å²) in [6.45, 7) is 4.28. The molecule has 1 unspecified atom stereocenters. The minimum atomic E-state index is 0.619. The summed E-state index contributed by atoms with van der Waals surface area (Å²) in [6.07, 6.45) is 5.99. The molecule has 2 saturated heterocycles. The molecule has 0 amide bonds. The van der Waals surface area contributed by atoms with Crippen LogP contribution in [0.5, 0.6) is 0 Å². The average Bonchev–Trinajstić information content (AvgIpc) is 3.14. The average molecular weight is 330 g/mol. The quantitative estimate of drug-likeness (QED) is 0.638. The van der Waals surface area contributed by atoms with Crippen LogP contribution in [0.4, 0.5) is 5.82 Å². The maximum atomic E-state index is 9.20. The third kappa shape index (κ3) is 2.31. The number of aromatic nitrogens is 3. The van der Waals surface area contributed by atoms with Gasteiger partial charge in [0, 0.05) is 43.5 Å². The molecule has 5 rings (SSSR count). The molecular formula is C19H18N6. The second kappa shape index (κ2) is 5.64. The third-order valence-corrected chi connectivity index (χ3v) is 5.40. The molecule has 25 heavy (non-hydrogen) atoms. The zero-order valence-corrected chi connectivity index (χ0v) is 13.9. The van der Waals surface area contributed by atoms with E-state index in [4.69, 9.17) is 4.98 Å². The molecule has 1 aromatic carbocycles. The lowest BCUT2D eigenvalue weighted by molar-refractivity contribution is 0.230. The molecule has 3 aromatic rings. The molecule has 2 fully saturated rings. The molecule has 6 nitrogen and oxygen atoms in total. The summed E-state index contributed by atoms with van der Waals surface area (Å²) < 4.78 is 0. The van der Waals surface area contributed by atoms with Crippen LogP contribution in [0.2, 0.25) is 0 Å². The molecule has 0 N–H and O–H groups in total. The fraction of sp³-hybridized carbons (Fsp3) is 0.368. The van der Waals surface area contributed by atoms with Crippen molar-refractivity contribution < 1.29 is 0 Å². The SMILES string of the molecule is N#Cc1ccc2nc(N3CCN4CCCC4C3)c3nccnc3c2c1. The minimum Gasteiger partial charge on any atom is -0.352 e. The Bertz CT molecular complexity index is 1010. The predicted octanol–water partition coefficient (Wildman–Crippen LogP) is 2.33. The molecular weight excluding hydrogens is 312 g/mol. The van der Waals surface area contributed by atoms with Gasteiger partial charge in [-0.05, 0) is 37.6 Å². The van der Waals surface area contributed by atoms with E-state index < -0.39 is 0 Å². The summed E-state index contributed by atoms with van der Waals surface area (Å²) in [5, 5.41) is 10.1. The van der Waals surface area contributed by atoms with Crippen molar-refractivity contribution in [3.05, 3.63) is 36.2 Å². The van der Waals surface area contributed by atoms with Crippen molar-refractivity contribution in [3.8, 4) is 6.07 Å². The highest BCUT2D eigenvalue weighted by atomic mass is 15.3. The van der Waals surface area contributed by atoms with Crippen molar-refractivity contribution in [2.24, 2.45) is 0 Å². The van der Waals surface area contributed by atoms with Gasteiger partial charge >= 0.3 is 0 Å². The molecule has 2 aliphatic heterocycles. The van der Waals surface area contributed by atoms with Crippen LogP contribution < -0.4 is 4.90 Å². The van der Waals surface area contributed by atoms with E-state index in [0.717, 1.165) is 47.4 Å². The number of nitrogens with zero attached hydrogens (tertiary/aromatic N) is 6. The molecule has 0 spiro atoms. The number of benzene rings is 1. The largest absolute Gasteiger partial charge is 0.352 e. The number of hydrogen-bond donors (Lipinski definition) is 0. The van der Waals surface area contributed by atoms with Gasteiger partial charge in [-0.1, -0.05) is 0 Å². The summed E-state index contributed by atoms with van der Waals surface area (Å²) in [5.74, 6) is 0.923. The van der Waals surface area contributed by atoms with E-state index in [0.29, 0.717) is 11.6 Å². The van der Waals surface area contributed by atoms with Crippen molar-refractivity contribution >= 4 is 27.8 Å². The number of hydrogen-bond acceptors (Lipinski definition) is 6. The maximum Gasteiger partial charge on any atom is 0.157 e. The molecule has 0 bridgehead atoms. The Labute approximate surface area is 145 Å². The van der Waals surface area contributed by atoms with E-state index >= 15 is 0 Å². The Morgan fingerprint density at radius 1 is 1.08 bits per heavy atom. The van der Waals surface area contributed by atoms with Gasteiger partial charge in [0.15, 0.2) is 5.82 Å². The molecule has 4 heterocycles. The zero-order chi connectivity index (χ0) is 16.8. The van der Waals surface area contributed by atoms with E-state index in [1.807, 2.05) is 18.2 Å². The van der Waals surface area contributed by atoms with Crippen LogP contribution >= 0.6 is 0 Å². The van der Waals surface area contributed by atoms with Gasteiger partial charge in [0.2, 0.25) is 0 Å². The fourth-order valence-corrected chi connectivity index (χ4v) is 4.16. The van der Waals surface area contributed by atoms with E-state index in [2.05, 4.69) is 25.8 Å². The fourth-order valence-electron chi connectivity index (χ4n) is 4.16. The second-order valence-corrected chi connectivity index (χ2v) is 6.81. The Morgan fingerprint density at radius 3 is 2.84 bits per heavy atom. The number of pyridine rings is 1. The lowest BCUT2D eigenvalue weighted by atomic mass is 10.1. The molecule has 1 atom stereocenters. The van der Waals surface area contributed by atoms with Gasteiger partial charge in [-0.3, -0.25) is 9.88 Å². The normalized spacial score (nSPS) is 20.8. The smallest absolute Gasteiger partial charge is 0.157 e. The molecule has 0 radical (unpaired) electrons. The van der Waals surface area contributed by atoms with Crippen molar-refractivity contribution in [3.63, 3.8) is 0 Å². The van der Waals surface area contributed by atoms with E-state index in [1.165, 1.54) is 19.4 Å². The molecule has 0 saturated carbocycles. The first-order valence-corrected chi connectivity index (χ1v) is 8.77. The number of fused-ring (bicyclic) bond motifs is 4. The van der Waals surface area contributed by atoms with Crippen molar-refractivity contribution in [2.45, 2.75) is 18.9 Å². The molecule has 2 aromatic heterocycles. The summed E-state index contributed by atoms with van der Waals surface area (Å²) in [5.41, 5.74) is 3.15. The van der Waals surface area contributed by atoms with Gasteiger partial charge in [0.05, 0.1) is 17.1 Å². The Morgan fingerprint density at radius 2 is 1.96 bits per heavy atom. The summed E-state index contributed by atoms with van der Waals surface area (Å²) in [7, 11) is 0. The molecule has 0 aliphatic carbocycles. The minimum absolute atomic E-state index is 0.619. The van der Waals surface area contributed by atoms with Gasteiger partial charge in [-0.2, -0.15) is 5.26 Å². The number of nitriles is 1. The first-order chi connectivity index (χ1) is 12.3. The van der Waals surface area contributed by atoms with Crippen LogP contribution in [0.3, 0.4) is 0 Å². The van der Waals surface area contributed by atoms with Crippen LogP contribution in [0.25, 0.3) is 21.9 Å². The zero-order valence-electron chi connectivity index (χ0n) is 13.9. The van der Waals surface area contributed by atoms with Crippen LogP contribution in [0, 0.1) is 11.3 Å².